The minimum Gasteiger partial charge on any atom is -0.268 e. The van der Waals surface area contributed by atoms with Gasteiger partial charge in [0, 0.05) is 6.54 Å². The zero-order valence-corrected chi connectivity index (χ0v) is 12.1. The van der Waals surface area contributed by atoms with Crippen molar-refractivity contribution in [2.24, 2.45) is 0 Å². The number of hydrogen-bond acceptors (Lipinski definition) is 2. The van der Waals surface area contributed by atoms with Gasteiger partial charge in [0.2, 0.25) is 0 Å². The number of unbranched alkanes of at least 4 members (excludes halogenated alkanes) is 3. The van der Waals surface area contributed by atoms with Gasteiger partial charge in [0.25, 0.3) is 5.56 Å². The standard InChI is InChI=1S/C15H21NOS/c1-3-5-6-7-9-12-10-8-11-13-14(12)15(17)16(4-2)18-13/h8,10-11H,3-7,9H2,1-2H3. The van der Waals surface area contributed by atoms with Crippen LogP contribution in [0.15, 0.2) is 23.0 Å². The topological polar surface area (TPSA) is 22.0 Å². The van der Waals surface area contributed by atoms with Gasteiger partial charge in [-0.2, -0.15) is 0 Å². The Kier molecular flexibility index (Phi) is 4.59. The lowest BCUT2D eigenvalue weighted by Crippen LogP contribution is -2.12. The first-order valence-electron chi connectivity index (χ1n) is 6.89. The third-order valence-corrected chi connectivity index (χ3v) is 4.53. The zero-order chi connectivity index (χ0) is 13.0. The third kappa shape index (κ3) is 2.66. The number of hydrogen-bond donors (Lipinski definition) is 0. The molecule has 0 aliphatic heterocycles. The molecule has 0 amide bonds. The lowest BCUT2D eigenvalue weighted by atomic mass is 10.0. The molecule has 0 bridgehead atoms. The molecule has 0 saturated carbocycles. The van der Waals surface area contributed by atoms with Crippen molar-refractivity contribution in [3.63, 3.8) is 0 Å². The molecule has 2 aromatic rings. The van der Waals surface area contributed by atoms with E-state index in [-0.39, 0.29) is 5.56 Å². The molecule has 1 aromatic heterocycles. The largest absolute Gasteiger partial charge is 0.268 e. The summed E-state index contributed by atoms with van der Waals surface area (Å²) in [6.07, 6.45) is 6.03. The first-order valence-corrected chi connectivity index (χ1v) is 7.67. The quantitative estimate of drug-likeness (QED) is 0.716. The lowest BCUT2D eigenvalue weighted by molar-refractivity contribution is 0.668. The minimum absolute atomic E-state index is 0.198. The average molecular weight is 263 g/mol. The Balaban J connectivity index is 2.27. The molecule has 0 aliphatic carbocycles. The molecule has 0 N–H and O–H groups in total. The summed E-state index contributed by atoms with van der Waals surface area (Å²) >= 11 is 1.59. The number of rotatable bonds is 6. The predicted molar refractivity (Wildman–Crippen MR) is 79.6 cm³/mol. The number of aromatic nitrogens is 1. The first-order chi connectivity index (χ1) is 8.77. The predicted octanol–water partition coefficient (Wildman–Crippen LogP) is 4.21. The maximum absolute atomic E-state index is 12.2. The van der Waals surface area contributed by atoms with Crippen LogP contribution in [0.5, 0.6) is 0 Å². The van der Waals surface area contributed by atoms with Gasteiger partial charge in [0.1, 0.15) is 0 Å². The molecular formula is C15H21NOS. The van der Waals surface area contributed by atoms with Crippen LogP contribution in [-0.2, 0) is 13.0 Å². The van der Waals surface area contributed by atoms with E-state index in [1.54, 1.807) is 11.5 Å². The molecule has 0 aliphatic rings. The van der Waals surface area contributed by atoms with Crippen molar-refractivity contribution < 1.29 is 0 Å². The number of benzene rings is 1. The fraction of sp³-hybridized carbons (Fsp3) is 0.533. The Morgan fingerprint density at radius 2 is 2.00 bits per heavy atom. The molecule has 2 nitrogen and oxygen atoms in total. The summed E-state index contributed by atoms with van der Waals surface area (Å²) in [6, 6.07) is 6.25. The highest BCUT2D eigenvalue weighted by Gasteiger charge is 2.10. The van der Waals surface area contributed by atoms with Crippen molar-refractivity contribution in [1.82, 2.24) is 3.96 Å². The van der Waals surface area contributed by atoms with Crippen molar-refractivity contribution in [1.29, 1.82) is 0 Å². The van der Waals surface area contributed by atoms with Crippen molar-refractivity contribution in [2.75, 3.05) is 0 Å². The maximum Gasteiger partial charge on any atom is 0.268 e. The van der Waals surface area contributed by atoms with Gasteiger partial charge in [-0.1, -0.05) is 49.9 Å². The highest BCUT2D eigenvalue weighted by Crippen LogP contribution is 2.22. The van der Waals surface area contributed by atoms with E-state index in [0.29, 0.717) is 0 Å². The van der Waals surface area contributed by atoms with Crippen LogP contribution in [0.3, 0.4) is 0 Å². The monoisotopic (exact) mass is 263 g/mol. The number of aryl methyl sites for hydroxylation is 2. The van der Waals surface area contributed by atoms with Gasteiger partial charge in [-0.25, -0.2) is 0 Å². The molecule has 3 heteroatoms. The van der Waals surface area contributed by atoms with Crippen LogP contribution in [-0.4, -0.2) is 3.96 Å². The average Bonchev–Trinajstić information content (AvgIpc) is 2.72. The van der Waals surface area contributed by atoms with Crippen LogP contribution >= 0.6 is 11.5 Å². The molecule has 1 aromatic carbocycles. The summed E-state index contributed by atoms with van der Waals surface area (Å²) in [5, 5.41) is 0.959. The van der Waals surface area contributed by atoms with Crippen LogP contribution in [0.1, 0.15) is 45.1 Å². The second-order valence-corrected chi connectivity index (χ2v) is 5.76. The van der Waals surface area contributed by atoms with Gasteiger partial charge >= 0.3 is 0 Å². The molecule has 0 spiro atoms. The summed E-state index contributed by atoms with van der Waals surface area (Å²) in [5.41, 5.74) is 1.43. The third-order valence-electron chi connectivity index (χ3n) is 3.35. The Bertz CT molecular complexity index is 567. The maximum atomic E-state index is 12.2. The molecule has 0 atom stereocenters. The molecule has 18 heavy (non-hydrogen) atoms. The van der Waals surface area contributed by atoms with E-state index < -0.39 is 0 Å². The second-order valence-electron chi connectivity index (χ2n) is 4.69. The molecule has 98 valence electrons. The van der Waals surface area contributed by atoms with Gasteiger partial charge in [-0.15, -0.1) is 0 Å². The summed E-state index contributed by atoms with van der Waals surface area (Å²) in [6.45, 7) is 5.02. The van der Waals surface area contributed by atoms with Crippen molar-refractivity contribution in [3.8, 4) is 0 Å². The van der Waals surface area contributed by atoms with Crippen LogP contribution in [0, 0.1) is 0 Å². The Morgan fingerprint density at radius 1 is 1.17 bits per heavy atom. The van der Waals surface area contributed by atoms with Crippen molar-refractivity contribution >= 4 is 21.6 Å². The molecule has 0 saturated heterocycles. The lowest BCUT2D eigenvalue weighted by Gasteiger charge is -2.01. The van der Waals surface area contributed by atoms with Gasteiger partial charge < -0.3 is 0 Å². The molecule has 2 rings (SSSR count). The second kappa shape index (κ2) is 6.19. The van der Waals surface area contributed by atoms with Crippen molar-refractivity contribution in [2.45, 2.75) is 52.5 Å². The first kappa shape index (κ1) is 13.3. The Morgan fingerprint density at radius 3 is 2.72 bits per heavy atom. The van der Waals surface area contributed by atoms with Gasteiger partial charge in [0.05, 0.1) is 10.1 Å². The van der Waals surface area contributed by atoms with Crippen LogP contribution in [0.25, 0.3) is 10.1 Å². The van der Waals surface area contributed by atoms with E-state index >= 15 is 0 Å². The van der Waals surface area contributed by atoms with Gasteiger partial charge in [-0.05, 0) is 31.4 Å². The minimum atomic E-state index is 0.198. The summed E-state index contributed by atoms with van der Waals surface area (Å²) in [4.78, 5) is 12.2. The van der Waals surface area contributed by atoms with Crippen LogP contribution < -0.4 is 5.56 Å². The van der Waals surface area contributed by atoms with Gasteiger partial charge in [0.15, 0.2) is 0 Å². The van der Waals surface area contributed by atoms with E-state index in [4.69, 9.17) is 0 Å². The van der Waals surface area contributed by atoms with Crippen molar-refractivity contribution in [3.05, 3.63) is 34.1 Å². The van der Waals surface area contributed by atoms with E-state index in [0.717, 1.165) is 23.1 Å². The smallest absolute Gasteiger partial charge is 0.268 e. The fourth-order valence-corrected chi connectivity index (χ4v) is 3.33. The van der Waals surface area contributed by atoms with Gasteiger partial charge in [-0.3, -0.25) is 8.75 Å². The van der Waals surface area contributed by atoms with Crippen LogP contribution in [0.2, 0.25) is 0 Å². The summed E-state index contributed by atoms with van der Waals surface area (Å²) < 4.78 is 2.98. The normalized spacial score (nSPS) is 11.2. The van der Waals surface area contributed by atoms with E-state index in [9.17, 15) is 4.79 Å². The molecule has 1 heterocycles. The van der Waals surface area contributed by atoms with E-state index in [1.165, 1.54) is 31.2 Å². The summed E-state index contributed by atoms with van der Waals surface area (Å²) in [7, 11) is 0. The molecule has 0 radical (unpaired) electrons. The number of nitrogens with zero attached hydrogens (tertiary/aromatic N) is 1. The highest BCUT2D eigenvalue weighted by molar-refractivity contribution is 7.13. The Labute approximate surface area is 112 Å². The number of fused-ring (bicyclic) bond motifs is 1. The summed E-state index contributed by atoms with van der Waals surface area (Å²) in [5.74, 6) is 0. The molecular weight excluding hydrogens is 242 g/mol. The molecule has 0 unspecified atom stereocenters. The highest BCUT2D eigenvalue weighted by atomic mass is 32.1. The van der Waals surface area contributed by atoms with E-state index in [1.807, 2.05) is 10.9 Å². The van der Waals surface area contributed by atoms with Crippen LogP contribution in [0.4, 0.5) is 0 Å². The Hall–Kier alpha value is -1.09. The zero-order valence-electron chi connectivity index (χ0n) is 11.2. The molecule has 0 fully saturated rings. The fourth-order valence-electron chi connectivity index (χ4n) is 2.34. The SMILES string of the molecule is CCCCCCc1cccc2sn(CC)c(=O)c12. The van der Waals surface area contributed by atoms with E-state index in [2.05, 4.69) is 25.1 Å².